The van der Waals surface area contributed by atoms with E-state index in [1.165, 1.54) is 87.7 Å². The van der Waals surface area contributed by atoms with E-state index in [0.717, 1.165) is 24.8 Å². The first-order chi connectivity index (χ1) is 25.0. The maximum Gasteiger partial charge on any atom is -0.00172 e. The van der Waals surface area contributed by atoms with Gasteiger partial charge in [0.15, 0.2) is 0 Å². The molecule has 0 saturated carbocycles. The van der Waals surface area contributed by atoms with Gasteiger partial charge in [-0.15, -0.1) is 0 Å². The fourth-order valence-corrected chi connectivity index (χ4v) is 8.84. The van der Waals surface area contributed by atoms with E-state index in [0.29, 0.717) is 8.58 Å². The molecule has 1 aliphatic rings. The standard InChI is InChI=1S/C48H43P.C2H6/c1-6-8-19-34(7-2)32(3)18-17-28-44-38-22-11-12-23-39(38)45(33(4)48(44)49-5)47-42-26-15-13-24-40(42)46(41-25-14-16-27-43(41)47)37-30-29-35-20-9-10-21-36(35)31-37;1-2/h6-9,11-20,22-27,29-31,49H,1-2,10,21,28H2,3-5H3;1-2H3/b18-17-,19-8-,34-32+;. The van der Waals surface area contributed by atoms with Gasteiger partial charge in [0, 0.05) is 0 Å². The normalized spacial score (nSPS) is 13.3. The van der Waals surface area contributed by atoms with Crippen molar-refractivity contribution in [3.8, 4) is 22.3 Å². The van der Waals surface area contributed by atoms with E-state index in [-0.39, 0.29) is 0 Å². The van der Waals surface area contributed by atoms with Crippen molar-refractivity contribution in [2.24, 2.45) is 0 Å². The molecule has 0 saturated heterocycles. The zero-order valence-corrected chi connectivity index (χ0v) is 31.8. The molecule has 0 aromatic heterocycles. The van der Waals surface area contributed by atoms with Crippen LogP contribution in [-0.2, 0) is 12.8 Å². The van der Waals surface area contributed by atoms with Crippen LogP contribution >= 0.6 is 8.58 Å². The first-order valence-electron chi connectivity index (χ1n) is 18.3. The van der Waals surface area contributed by atoms with Crippen molar-refractivity contribution in [2.45, 2.75) is 47.0 Å². The lowest BCUT2D eigenvalue weighted by Gasteiger charge is -2.24. The van der Waals surface area contributed by atoms with Crippen molar-refractivity contribution in [1.82, 2.24) is 0 Å². The Morgan fingerprint density at radius 3 is 1.92 bits per heavy atom. The first kappa shape index (κ1) is 35.8. The average Bonchev–Trinajstić information content (AvgIpc) is 3.18. The van der Waals surface area contributed by atoms with Crippen LogP contribution in [0.4, 0.5) is 0 Å². The van der Waals surface area contributed by atoms with Gasteiger partial charge in [0.2, 0.25) is 0 Å². The molecule has 0 aliphatic heterocycles. The number of allylic oxidation sites excluding steroid dienone is 9. The summed E-state index contributed by atoms with van der Waals surface area (Å²) in [6.45, 7) is 18.7. The minimum atomic E-state index is 0.675. The van der Waals surface area contributed by atoms with Crippen molar-refractivity contribution in [2.75, 3.05) is 6.66 Å². The molecule has 1 heteroatoms. The molecule has 6 aromatic rings. The summed E-state index contributed by atoms with van der Waals surface area (Å²) < 4.78 is 0. The molecular formula is C50H49P. The molecule has 1 atom stereocenters. The number of hydrogen-bond donors (Lipinski definition) is 0. The van der Waals surface area contributed by atoms with Crippen molar-refractivity contribution in [3.63, 3.8) is 0 Å². The molecule has 254 valence electrons. The second-order valence-electron chi connectivity index (χ2n) is 12.9. The predicted molar refractivity (Wildman–Crippen MR) is 232 cm³/mol. The van der Waals surface area contributed by atoms with Crippen LogP contribution in [0.15, 0.2) is 158 Å². The molecular weight excluding hydrogens is 632 g/mol. The van der Waals surface area contributed by atoms with Crippen molar-refractivity contribution in [1.29, 1.82) is 0 Å². The third kappa shape index (κ3) is 6.87. The predicted octanol–water partition coefficient (Wildman–Crippen LogP) is 14.1. The van der Waals surface area contributed by atoms with E-state index in [1.807, 2.05) is 26.0 Å². The summed E-state index contributed by atoms with van der Waals surface area (Å²) in [6, 6.07) is 34.3. The first-order valence-corrected chi connectivity index (χ1v) is 19.8. The summed E-state index contributed by atoms with van der Waals surface area (Å²) in [6.07, 6.45) is 19.9. The highest BCUT2D eigenvalue weighted by atomic mass is 31.1. The molecule has 0 bridgehead atoms. The maximum atomic E-state index is 4.02. The monoisotopic (exact) mass is 680 g/mol. The van der Waals surface area contributed by atoms with Crippen LogP contribution in [0.3, 0.4) is 0 Å². The van der Waals surface area contributed by atoms with Crippen molar-refractivity contribution < 1.29 is 0 Å². The van der Waals surface area contributed by atoms with Crippen LogP contribution < -0.4 is 5.30 Å². The smallest absolute Gasteiger partial charge is 0.00172 e. The third-order valence-corrected chi connectivity index (χ3v) is 11.3. The molecule has 0 amide bonds. The molecule has 0 nitrogen and oxygen atoms in total. The van der Waals surface area contributed by atoms with E-state index in [2.05, 4.69) is 155 Å². The number of rotatable bonds is 9. The summed E-state index contributed by atoms with van der Waals surface area (Å²) in [7, 11) is 0.675. The summed E-state index contributed by atoms with van der Waals surface area (Å²) in [5.41, 5.74) is 13.3. The fraction of sp³-hybridized carbons (Fsp3) is 0.160. The van der Waals surface area contributed by atoms with Crippen LogP contribution in [0.1, 0.15) is 49.4 Å². The second-order valence-corrected chi connectivity index (χ2v) is 13.9. The Hall–Kier alpha value is -5.03. The lowest BCUT2D eigenvalue weighted by Crippen LogP contribution is -2.11. The summed E-state index contributed by atoms with van der Waals surface area (Å²) >= 11 is 0. The SMILES string of the molecule is C=C\C=C/C(C=C)=C(C)/C=C\Cc1c(PC)c(C)c(-c2c3ccccc3c(-c3ccc4c(c3)CCC=C4)c3ccccc23)c2ccccc12.CC. The average molecular weight is 681 g/mol. The third-order valence-electron chi connectivity index (χ3n) is 10.1. The summed E-state index contributed by atoms with van der Waals surface area (Å²) in [5, 5.41) is 9.37. The van der Waals surface area contributed by atoms with E-state index in [4.69, 9.17) is 0 Å². The highest BCUT2D eigenvalue weighted by molar-refractivity contribution is 7.46. The van der Waals surface area contributed by atoms with E-state index >= 15 is 0 Å². The molecule has 0 radical (unpaired) electrons. The van der Waals surface area contributed by atoms with E-state index in [9.17, 15) is 0 Å². The van der Waals surface area contributed by atoms with Gasteiger partial charge in [-0.1, -0.05) is 175 Å². The van der Waals surface area contributed by atoms with Gasteiger partial charge in [-0.25, -0.2) is 0 Å². The van der Waals surface area contributed by atoms with Crippen LogP contribution in [0, 0.1) is 6.92 Å². The Kier molecular flexibility index (Phi) is 11.5. The lowest BCUT2D eigenvalue weighted by molar-refractivity contribution is 0.986. The minimum Gasteiger partial charge on any atom is -0.0991 e. The van der Waals surface area contributed by atoms with Gasteiger partial charge in [0.1, 0.15) is 0 Å². The van der Waals surface area contributed by atoms with Crippen molar-refractivity contribution in [3.05, 3.63) is 180 Å². The number of fused-ring (bicyclic) bond motifs is 4. The Morgan fingerprint density at radius 1 is 0.745 bits per heavy atom. The highest BCUT2D eigenvalue weighted by Gasteiger charge is 2.22. The van der Waals surface area contributed by atoms with Crippen LogP contribution in [0.2, 0.25) is 0 Å². The van der Waals surface area contributed by atoms with Gasteiger partial charge in [0.05, 0.1) is 0 Å². The van der Waals surface area contributed by atoms with Gasteiger partial charge in [0.25, 0.3) is 0 Å². The van der Waals surface area contributed by atoms with Crippen LogP contribution in [0.25, 0.3) is 60.6 Å². The Bertz CT molecular complexity index is 2330. The molecule has 51 heavy (non-hydrogen) atoms. The topological polar surface area (TPSA) is 0 Å². The number of aryl methyl sites for hydroxylation is 1. The molecule has 0 N–H and O–H groups in total. The summed E-state index contributed by atoms with van der Waals surface area (Å²) in [5.74, 6) is 0. The Balaban J connectivity index is 0.00000220. The molecule has 1 aliphatic carbocycles. The lowest BCUT2D eigenvalue weighted by atomic mass is 9.81. The number of benzene rings is 6. The minimum absolute atomic E-state index is 0.675. The van der Waals surface area contributed by atoms with Gasteiger partial charge >= 0.3 is 0 Å². The highest BCUT2D eigenvalue weighted by Crippen LogP contribution is 2.47. The van der Waals surface area contributed by atoms with Crippen molar-refractivity contribution >= 4 is 52.3 Å². The fourth-order valence-electron chi connectivity index (χ4n) is 7.81. The molecule has 0 spiro atoms. The quantitative estimate of drug-likeness (QED) is 0.0810. The van der Waals surface area contributed by atoms with Gasteiger partial charge < -0.3 is 0 Å². The van der Waals surface area contributed by atoms with E-state index < -0.39 is 0 Å². The largest absolute Gasteiger partial charge is 0.0991 e. The molecule has 0 heterocycles. The molecule has 0 fully saturated rings. The van der Waals surface area contributed by atoms with Gasteiger partial charge in [-0.05, 0) is 133 Å². The molecule has 6 aromatic carbocycles. The number of hydrogen-bond acceptors (Lipinski definition) is 0. The second kappa shape index (κ2) is 16.3. The Labute approximate surface area is 307 Å². The summed E-state index contributed by atoms with van der Waals surface area (Å²) in [4.78, 5) is 0. The van der Waals surface area contributed by atoms with E-state index in [1.54, 1.807) is 6.08 Å². The maximum absolute atomic E-state index is 4.02. The zero-order chi connectivity index (χ0) is 35.9. The Morgan fingerprint density at radius 2 is 1.33 bits per heavy atom. The van der Waals surface area contributed by atoms with Gasteiger partial charge in [-0.3, -0.25) is 0 Å². The zero-order valence-electron chi connectivity index (χ0n) is 30.8. The van der Waals surface area contributed by atoms with Gasteiger partial charge in [-0.2, -0.15) is 0 Å². The molecule has 1 unspecified atom stereocenters. The van der Waals surface area contributed by atoms with Crippen LogP contribution in [0.5, 0.6) is 0 Å². The molecule has 7 rings (SSSR count). The van der Waals surface area contributed by atoms with Crippen LogP contribution in [-0.4, -0.2) is 6.66 Å².